The summed E-state index contributed by atoms with van der Waals surface area (Å²) in [7, 11) is 0. The molecule has 0 saturated carbocycles. The van der Waals surface area contributed by atoms with Gasteiger partial charge in [-0.2, -0.15) is 0 Å². The molecular formula is C11H16F2N2. The average Bonchev–Trinajstić information content (AvgIpc) is 2.22. The highest BCUT2D eigenvalue weighted by Crippen LogP contribution is 2.13. The van der Waals surface area contributed by atoms with Gasteiger partial charge in [0.2, 0.25) is 0 Å². The van der Waals surface area contributed by atoms with Crippen molar-refractivity contribution in [3.8, 4) is 0 Å². The molecule has 0 saturated heterocycles. The lowest BCUT2D eigenvalue weighted by Crippen LogP contribution is -2.36. The molecular weight excluding hydrogens is 198 g/mol. The van der Waals surface area contributed by atoms with E-state index in [-0.39, 0.29) is 11.9 Å². The van der Waals surface area contributed by atoms with Gasteiger partial charge < -0.3 is 0 Å². The fraction of sp³-hybridized carbons (Fsp3) is 0.455. The van der Waals surface area contributed by atoms with Crippen LogP contribution in [0.15, 0.2) is 18.2 Å². The quantitative estimate of drug-likeness (QED) is 0.582. The molecule has 0 aromatic heterocycles. The lowest BCUT2D eigenvalue weighted by molar-refractivity contribution is 0.473. The molecule has 0 radical (unpaired) electrons. The predicted molar refractivity (Wildman–Crippen MR) is 56.1 cm³/mol. The Morgan fingerprint density at radius 3 is 2.73 bits per heavy atom. The number of halogens is 2. The third-order valence-corrected chi connectivity index (χ3v) is 2.35. The highest BCUT2D eigenvalue weighted by atomic mass is 19.1. The molecule has 0 fully saturated rings. The van der Waals surface area contributed by atoms with Crippen LogP contribution in [0.4, 0.5) is 8.78 Å². The third kappa shape index (κ3) is 3.57. The summed E-state index contributed by atoms with van der Waals surface area (Å²) in [6.07, 6.45) is 2.20. The van der Waals surface area contributed by atoms with Gasteiger partial charge in [-0.25, -0.2) is 8.78 Å². The Bertz CT molecular complexity index is 315. The van der Waals surface area contributed by atoms with Crippen molar-refractivity contribution in [1.29, 1.82) is 0 Å². The fourth-order valence-corrected chi connectivity index (χ4v) is 1.56. The van der Waals surface area contributed by atoms with Crippen LogP contribution in [0.3, 0.4) is 0 Å². The van der Waals surface area contributed by atoms with Crippen LogP contribution < -0.4 is 11.3 Å². The molecule has 1 aromatic carbocycles. The van der Waals surface area contributed by atoms with E-state index in [0.717, 1.165) is 25.0 Å². The summed E-state index contributed by atoms with van der Waals surface area (Å²) >= 11 is 0. The maximum absolute atomic E-state index is 13.3. The summed E-state index contributed by atoms with van der Waals surface area (Å²) in [6.45, 7) is 2.02. The van der Waals surface area contributed by atoms with Gasteiger partial charge >= 0.3 is 0 Å². The Balaban J connectivity index is 2.73. The molecule has 15 heavy (non-hydrogen) atoms. The van der Waals surface area contributed by atoms with Crippen molar-refractivity contribution < 1.29 is 8.78 Å². The highest BCUT2D eigenvalue weighted by molar-refractivity contribution is 5.19. The van der Waals surface area contributed by atoms with Crippen LogP contribution in [0.1, 0.15) is 25.3 Å². The minimum absolute atomic E-state index is 0.00806. The Labute approximate surface area is 88.4 Å². The zero-order valence-electron chi connectivity index (χ0n) is 8.76. The van der Waals surface area contributed by atoms with Crippen LogP contribution in [-0.2, 0) is 6.42 Å². The van der Waals surface area contributed by atoms with Crippen molar-refractivity contribution in [2.75, 3.05) is 0 Å². The van der Waals surface area contributed by atoms with Gasteiger partial charge in [0.25, 0.3) is 0 Å². The summed E-state index contributed by atoms with van der Waals surface area (Å²) in [5.41, 5.74) is 2.98. The lowest BCUT2D eigenvalue weighted by Gasteiger charge is -2.15. The SMILES string of the molecule is CCCC(Cc1cc(F)ccc1F)NN. The Hall–Kier alpha value is -1.00. The van der Waals surface area contributed by atoms with Crippen molar-refractivity contribution in [2.24, 2.45) is 5.84 Å². The van der Waals surface area contributed by atoms with Crippen LogP contribution in [0.25, 0.3) is 0 Å². The Morgan fingerprint density at radius 2 is 2.13 bits per heavy atom. The average molecular weight is 214 g/mol. The number of hydrogen-bond acceptors (Lipinski definition) is 2. The van der Waals surface area contributed by atoms with Crippen molar-refractivity contribution >= 4 is 0 Å². The Morgan fingerprint density at radius 1 is 1.40 bits per heavy atom. The third-order valence-electron chi connectivity index (χ3n) is 2.35. The van der Waals surface area contributed by atoms with Crippen LogP contribution in [0.5, 0.6) is 0 Å². The molecule has 0 aliphatic carbocycles. The highest BCUT2D eigenvalue weighted by Gasteiger charge is 2.10. The summed E-state index contributed by atoms with van der Waals surface area (Å²) in [5, 5.41) is 0. The molecule has 0 amide bonds. The molecule has 4 heteroatoms. The van der Waals surface area contributed by atoms with E-state index in [9.17, 15) is 8.78 Å². The molecule has 2 nitrogen and oxygen atoms in total. The Kier molecular flexibility index (Phi) is 4.65. The second kappa shape index (κ2) is 5.78. The number of nitrogens with two attached hydrogens (primary N) is 1. The molecule has 84 valence electrons. The first kappa shape index (κ1) is 12.1. The van der Waals surface area contributed by atoms with Crippen LogP contribution in [-0.4, -0.2) is 6.04 Å². The molecule has 0 spiro atoms. The van der Waals surface area contributed by atoms with E-state index in [4.69, 9.17) is 5.84 Å². The van der Waals surface area contributed by atoms with Gasteiger partial charge in [-0.3, -0.25) is 11.3 Å². The van der Waals surface area contributed by atoms with Crippen molar-refractivity contribution in [1.82, 2.24) is 5.43 Å². The minimum atomic E-state index is -0.418. The maximum Gasteiger partial charge on any atom is 0.126 e. The molecule has 1 atom stereocenters. The number of hydrazine groups is 1. The number of hydrogen-bond donors (Lipinski definition) is 2. The summed E-state index contributed by atoms with van der Waals surface area (Å²) in [5.74, 6) is 4.53. The maximum atomic E-state index is 13.3. The van der Waals surface area contributed by atoms with E-state index in [1.165, 1.54) is 6.07 Å². The van der Waals surface area contributed by atoms with Crippen LogP contribution in [0, 0.1) is 11.6 Å². The number of rotatable bonds is 5. The largest absolute Gasteiger partial charge is 0.271 e. The van der Waals surface area contributed by atoms with E-state index < -0.39 is 5.82 Å². The standard InChI is InChI=1S/C11H16F2N2/c1-2-3-10(15-14)7-8-6-9(12)4-5-11(8)13/h4-6,10,15H,2-3,7,14H2,1H3. The molecule has 0 bridgehead atoms. The topological polar surface area (TPSA) is 38.0 Å². The summed E-state index contributed by atoms with van der Waals surface area (Å²) in [4.78, 5) is 0. The van der Waals surface area contributed by atoms with Crippen molar-refractivity contribution in [3.63, 3.8) is 0 Å². The smallest absolute Gasteiger partial charge is 0.126 e. The first-order valence-electron chi connectivity index (χ1n) is 5.07. The number of nitrogens with one attached hydrogen (secondary N) is 1. The van der Waals surface area contributed by atoms with Gasteiger partial charge in [-0.15, -0.1) is 0 Å². The van der Waals surface area contributed by atoms with Crippen LogP contribution in [0.2, 0.25) is 0 Å². The summed E-state index contributed by atoms with van der Waals surface area (Å²) < 4.78 is 26.1. The molecule has 0 heterocycles. The van der Waals surface area contributed by atoms with Gasteiger partial charge in [0.15, 0.2) is 0 Å². The zero-order valence-corrected chi connectivity index (χ0v) is 8.76. The molecule has 0 aliphatic heterocycles. The van der Waals surface area contributed by atoms with E-state index in [2.05, 4.69) is 5.43 Å². The van der Waals surface area contributed by atoms with Gasteiger partial charge in [0.05, 0.1) is 0 Å². The lowest BCUT2D eigenvalue weighted by atomic mass is 10.0. The van der Waals surface area contributed by atoms with Crippen molar-refractivity contribution in [3.05, 3.63) is 35.4 Å². The van der Waals surface area contributed by atoms with Gasteiger partial charge in [0.1, 0.15) is 11.6 Å². The van der Waals surface area contributed by atoms with Crippen LogP contribution >= 0.6 is 0 Å². The second-order valence-corrected chi connectivity index (χ2v) is 3.59. The number of benzene rings is 1. The first-order chi connectivity index (χ1) is 7.17. The van der Waals surface area contributed by atoms with Gasteiger partial charge in [-0.1, -0.05) is 13.3 Å². The van der Waals surface area contributed by atoms with E-state index >= 15 is 0 Å². The first-order valence-corrected chi connectivity index (χ1v) is 5.07. The van der Waals surface area contributed by atoms with E-state index in [1.54, 1.807) is 0 Å². The zero-order chi connectivity index (χ0) is 11.3. The summed E-state index contributed by atoms with van der Waals surface area (Å²) in [6, 6.07) is 3.47. The molecule has 3 N–H and O–H groups in total. The molecule has 1 unspecified atom stereocenters. The second-order valence-electron chi connectivity index (χ2n) is 3.59. The van der Waals surface area contributed by atoms with E-state index in [1.807, 2.05) is 6.92 Å². The minimum Gasteiger partial charge on any atom is -0.271 e. The predicted octanol–water partition coefficient (Wildman–Crippen LogP) is 2.14. The van der Waals surface area contributed by atoms with E-state index in [0.29, 0.717) is 12.0 Å². The fourth-order valence-electron chi connectivity index (χ4n) is 1.56. The monoisotopic (exact) mass is 214 g/mol. The molecule has 1 aromatic rings. The van der Waals surface area contributed by atoms with Gasteiger partial charge in [0, 0.05) is 6.04 Å². The normalized spacial score (nSPS) is 12.8. The molecule has 1 rings (SSSR count). The molecule has 0 aliphatic rings. The van der Waals surface area contributed by atoms with Crippen molar-refractivity contribution in [2.45, 2.75) is 32.2 Å². The van der Waals surface area contributed by atoms with Gasteiger partial charge in [-0.05, 0) is 36.6 Å².